The molecule has 1 aliphatic rings. The van der Waals surface area contributed by atoms with E-state index in [-0.39, 0.29) is 17.9 Å². The molecule has 1 atom stereocenters. The summed E-state index contributed by atoms with van der Waals surface area (Å²) in [6.45, 7) is 0. The Balaban J connectivity index is 1.31. The van der Waals surface area contributed by atoms with Crippen molar-refractivity contribution in [1.29, 1.82) is 0 Å². The number of para-hydroxylation sites is 1. The van der Waals surface area contributed by atoms with Gasteiger partial charge in [0.15, 0.2) is 0 Å². The summed E-state index contributed by atoms with van der Waals surface area (Å²) in [6, 6.07) is 18.8. The van der Waals surface area contributed by atoms with Gasteiger partial charge in [-0.1, -0.05) is 24.3 Å². The zero-order valence-electron chi connectivity index (χ0n) is 18.7. The van der Waals surface area contributed by atoms with Gasteiger partial charge in [-0.3, -0.25) is 19.6 Å². The molecule has 0 spiro atoms. The molecule has 0 fully saturated rings. The molecule has 5 rings (SSSR count). The Labute approximate surface area is 197 Å². The van der Waals surface area contributed by atoms with Crippen molar-refractivity contribution in [2.75, 3.05) is 7.05 Å². The van der Waals surface area contributed by atoms with E-state index in [1.165, 1.54) is 5.56 Å². The second-order valence-electron chi connectivity index (χ2n) is 8.28. The third kappa shape index (κ3) is 4.45. The zero-order chi connectivity index (χ0) is 23.5. The number of carbonyl (C=O) groups excluding carboxylic acids is 2. The van der Waals surface area contributed by atoms with Crippen LogP contribution in [0.25, 0.3) is 10.9 Å². The van der Waals surface area contributed by atoms with Crippen molar-refractivity contribution in [2.24, 2.45) is 0 Å². The molecular weight excluding hydrogens is 428 g/mol. The Hall–Kier alpha value is -4.26. The first kappa shape index (κ1) is 21.6. The summed E-state index contributed by atoms with van der Waals surface area (Å²) in [5, 5.41) is 6.61. The third-order valence-corrected chi connectivity index (χ3v) is 6.06. The molecule has 1 aliphatic carbocycles. The molecule has 2 aromatic carbocycles. The maximum absolute atomic E-state index is 13.1. The highest BCUT2D eigenvalue weighted by atomic mass is 16.5. The van der Waals surface area contributed by atoms with Gasteiger partial charge in [0.25, 0.3) is 11.8 Å². The molecule has 4 aromatic rings. The molecule has 0 aliphatic heterocycles. The first-order valence-electron chi connectivity index (χ1n) is 11.2. The molecule has 0 saturated carbocycles. The van der Waals surface area contributed by atoms with Gasteiger partial charge in [0.05, 0.1) is 11.1 Å². The smallest absolute Gasteiger partial charge is 0.269 e. The van der Waals surface area contributed by atoms with E-state index >= 15 is 0 Å². The van der Waals surface area contributed by atoms with Crippen molar-refractivity contribution in [3.63, 3.8) is 0 Å². The number of nitrogens with zero attached hydrogens (tertiary/aromatic N) is 2. The fraction of sp³-hybridized carbons (Fsp3) is 0.185. The van der Waals surface area contributed by atoms with E-state index in [9.17, 15) is 9.59 Å². The van der Waals surface area contributed by atoms with Gasteiger partial charge >= 0.3 is 0 Å². The van der Waals surface area contributed by atoms with Crippen molar-refractivity contribution in [3.05, 3.63) is 95.4 Å². The number of hydrogen-bond acceptors (Lipinski definition) is 5. The highest BCUT2D eigenvalue weighted by Crippen LogP contribution is 2.29. The van der Waals surface area contributed by atoms with Crippen molar-refractivity contribution in [1.82, 2.24) is 20.6 Å². The monoisotopic (exact) mass is 452 g/mol. The molecule has 0 bridgehead atoms. The minimum absolute atomic E-state index is 0.0305. The van der Waals surface area contributed by atoms with Crippen LogP contribution in [-0.4, -0.2) is 34.9 Å². The number of carbonyl (C=O) groups is 2. The number of rotatable bonds is 5. The van der Waals surface area contributed by atoms with Gasteiger partial charge < -0.3 is 15.4 Å². The van der Waals surface area contributed by atoms with Crippen LogP contribution in [0.3, 0.4) is 0 Å². The predicted octanol–water partition coefficient (Wildman–Crippen LogP) is 4.07. The summed E-state index contributed by atoms with van der Waals surface area (Å²) in [4.78, 5) is 33.3. The third-order valence-electron chi connectivity index (χ3n) is 6.06. The summed E-state index contributed by atoms with van der Waals surface area (Å²) in [5.74, 6) is 0.869. The number of nitrogens with one attached hydrogen (secondary N) is 2. The number of pyridine rings is 2. The van der Waals surface area contributed by atoms with Crippen LogP contribution in [0.1, 0.15) is 38.4 Å². The normalized spacial score (nSPS) is 14.8. The van der Waals surface area contributed by atoms with Gasteiger partial charge in [-0.25, -0.2) is 0 Å². The number of benzene rings is 2. The largest absolute Gasteiger partial charge is 0.457 e. The van der Waals surface area contributed by atoms with Crippen LogP contribution in [0.2, 0.25) is 0 Å². The first-order chi connectivity index (χ1) is 16.6. The number of ether oxygens (including phenoxy) is 1. The van der Waals surface area contributed by atoms with Crippen LogP contribution < -0.4 is 15.4 Å². The van der Waals surface area contributed by atoms with Crippen LogP contribution in [0.4, 0.5) is 0 Å². The molecule has 2 heterocycles. The molecular formula is C27H24N4O3. The van der Waals surface area contributed by atoms with Gasteiger partial charge in [-0.2, -0.15) is 0 Å². The highest BCUT2D eigenvalue weighted by molar-refractivity contribution is 6.06. The SMILES string of the molecule is CNC(=O)c1cc(Oc2ccc3c(c2)CC(NC(=O)c2ccnc4ccccc24)CC3)ccn1. The van der Waals surface area contributed by atoms with E-state index in [1.54, 1.807) is 37.6 Å². The van der Waals surface area contributed by atoms with Crippen LogP contribution in [0.15, 0.2) is 73.1 Å². The lowest BCUT2D eigenvalue weighted by Gasteiger charge is -2.26. The maximum Gasteiger partial charge on any atom is 0.269 e. The van der Waals surface area contributed by atoms with Crippen LogP contribution in [0, 0.1) is 0 Å². The molecule has 2 N–H and O–H groups in total. The molecule has 2 aromatic heterocycles. The van der Waals surface area contributed by atoms with E-state index in [1.807, 2.05) is 36.4 Å². The second kappa shape index (κ2) is 9.31. The zero-order valence-corrected chi connectivity index (χ0v) is 18.7. The van der Waals surface area contributed by atoms with Crippen molar-refractivity contribution < 1.29 is 14.3 Å². The van der Waals surface area contributed by atoms with Gasteiger partial charge in [0.1, 0.15) is 17.2 Å². The lowest BCUT2D eigenvalue weighted by molar-refractivity contribution is 0.0932. The van der Waals surface area contributed by atoms with Crippen molar-refractivity contribution >= 4 is 22.7 Å². The predicted molar refractivity (Wildman–Crippen MR) is 129 cm³/mol. The fourth-order valence-corrected chi connectivity index (χ4v) is 4.34. The summed E-state index contributed by atoms with van der Waals surface area (Å²) in [5.41, 5.74) is 4.14. The maximum atomic E-state index is 13.1. The molecule has 0 saturated heterocycles. The number of amides is 2. The Morgan fingerprint density at radius 1 is 0.912 bits per heavy atom. The van der Waals surface area contributed by atoms with Crippen molar-refractivity contribution in [2.45, 2.75) is 25.3 Å². The Bertz CT molecular complexity index is 1380. The van der Waals surface area contributed by atoms with E-state index in [4.69, 9.17) is 4.74 Å². The summed E-state index contributed by atoms with van der Waals surface area (Å²) in [7, 11) is 1.56. The molecule has 170 valence electrons. The molecule has 0 radical (unpaired) electrons. The highest BCUT2D eigenvalue weighted by Gasteiger charge is 2.22. The molecule has 7 heteroatoms. The van der Waals surface area contributed by atoms with Gasteiger partial charge in [-0.05, 0) is 60.7 Å². The minimum Gasteiger partial charge on any atom is -0.457 e. The van der Waals surface area contributed by atoms with E-state index < -0.39 is 0 Å². The fourth-order valence-electron chi connectivity index (χ4n) is 4.34. The quantitative estimate of drug-likeness (QED) is 0.476. The van der Waals surface area contributed by atoms with Gasteiger partial charge in [0.2, 0.25) is 0 Å². The Kier molecular flexibility index (Phi) is 5.91. The number of aryl methyl sites for hydroxylation is 1. The van der Waals surface area contributed by atoms with E-state index in [0.29, 0.717) is 22.8 Å². The topological polar surface area (TPSA) is 93.2 Å². The lowest BCUT2D eigenvalue weighted by Crippen LogP contribution is -2.38. The average molecular weight is 453 g/mol. The molecule has 2 amide bonds. The molecule has 1 unspecified atom stereocenters. The van der Waals surface area contributed by atoms with Crippen LogP contribution in [0.5, 0.6) is 11.5 Å². The lowest BCUT2D eigenvalue weighted by atomic mass is 9.88. The van der Waals surface area contributed by atoms with Gasteiger partial charge in [0, 0.05) is 36.9 Å². The van der Waals surface area contributed by atoms with E-state index in [2.05, 4.69) is 26.7 Å². The summed E-state index contributed by atoms with van der Waals surface area (Å²) >= 11 is 0. The van der Waals surface area contributed by atoms with Gasteiger partial charge in [-0.15, -0.1) is 0 Å². The minimum atomic E-state index is -0.267. The number of aromatic nitrogens is 2. The number of hydrogen-bond donors (Lipinski definition) is 2. The molecule has 34 heavy (non-hydrogen) atoms. The number of fused-ring (bicyclic) bond motifs is 2. The summed E-state index contributed by atoms with van der Waals surface area (Å²) in [6.07, 6.45) is 5.70. The Morgan fingerprint density at radius 2 is 1.74 bits per heavy atom. The van der Waals surface area contributed by atoms with E-state index in [0.717, 1.165) is 35.7 Å². The van der Waals surface area contributed by atoms with Crippen LogP contribution >= 0.6 is 0 Å². The summed E-state index contributed by atoms with van der Waals surface area (Å²) < 4.78 is 6.00. The van der Waals surface area contributed by atoms with Crippen molar-refractivity contribution in [3.8, 4) is 11.5 Å². The van der Waals surface area contributed by atoms with Crippen LogP contribution in [-0.2, 0) is 12.8 Å². The first-order valence-corrected chi connectivity index (χ1v) is 11.2. The average Bonchev–Trinajstić information content (AvgIpc) is 2.87. The Morgan fingerprint density at radius 3 is 2.62 bits per heavy atom. The molecule has 7 nitrogen and oxygen atoms in total. The standard InChI is InChI=1S/C27H24N4O3/c1-28-27(33)25-16-21(10-12-30-25)34-20-9-7-17-6-8-19(14-18(17)15-20)31-26(32)23-11-13-29-24-5-3-2-4-22(23)24/h2-5,7,9-13,15-16,19H,6,8,14H2,1H3,(H,28,33)(H,31,32). The second-order valence-corrected chi connectivity index (χ2v) is 8.28.